The number of allylic oxidation sites excluding steroid dienone is 16. The molecule has 0 heterocycles. The van der Waals surface area contributed by atoms with Crippen LogP contribution in [-0.2, 0) is 28.6 Å². The van der Waals surface area contributed by atoms with Crippen molar-refractivity contribution in [2.24, 2.45) is 0 Å². The molecule has 400 valence electrons. The lowest BCUT2D eigenvalue weighted by molar-refractivity contribution is -0.167. The van der Waals surface area contributed by atoms with E-state index in [0.29, 0.717) is 19.3 Å². The van der Waals surface area contributed by atoms with Crippen molar-refractivity contribution < 1.29 is 28.6 Å². The fourth-order valence-electron chi connectivity index (χ4n) is 7.89. The van der Waals surface area contributed by atoms with Gasteiger partial charge in [-0.1, -0.05) is 234 Å². The van der Waals surface area contributed by atoms with Crippen LogP contribution in [-0.4, -0.2) is 37.2 Å². The summed E-state index contributed by atoms with van der Waals surface area (Å²) in [4.78, 5) is 38.1. The van der Waals surface area contributed by atoms with Gasteiger partial charge >= 0.3 is 17.9 Å². The van der Waals surface area contributed by atoms with E-state index in [2.05, 4.69) is 118 Å². The first-order valence-corrected chi connectivity index (χ1v) is 29.2. The Balaban J connectivity index is 4.35. The van der Waals surface area contributed by atoms with Crippen LogP contribution in [0.25, 0.3) is 0 Å². The number of hydrogen-bond acceptors (Lipinski definition) is 6. The maximum Gasteiger partial charge on any atom is 0.306 e. The first-order chi connectivity index (χ1) is 34.5. The number of carbonyl (C=O) groups is 3. The zero-order valence-electron chi connectivity index (χ0n) is 45.8. The van der Waals surface area contributed by atoms with Crippen LogP contribution in [0, 0.1) is 0 Å². The van der Waals surface area contributed by atoms with Crippen LogP contribution in [0.1, 0.15) is 271 Å². The summed E-state index contributed by atoms with van der Waals surface area (Å²) in [6, 6.07) is 0. The topological polar surface area (TPSA) is 78.9 Å². The highest BCUT2D eigenvalue weighted by molar-refractivity contribution is 5.71. The Morgan fingerprint density at radius 1 is 0.300 bits per heavy atom. The molecule has 0 aromatic carbocycles. The number of carbonyl (C=O) groups excluding carboxylic acids is 3. The van der Waals surface area contributed by atoms with Gasteiger partial charge in [0.05, 0.1) is 0 Å². The van der Waals surface area contributed by atoms with E-state index >= 15 is 0 Å². The number of unbranched alkanes of at least 4 members (excludes halogenated alkanes) is 25. The third-order valence-corrected chi connectivity index (χ3v) is 12.3. The van der Waals surface area contributed by atoms with Crippen LogP contribution in [0.4, 0.5) is 0 Å². The SMILES string of the molecule is CC/C=C\C/C=C\C/C=C\C/C=C\C/C=C\C/C=C\CCCCCCCCC(=O)OCC(COC(=O)CCCCCCC/C=C\CCCC)OC(=O)CCCCCCC/C=C\CCCCCCCCC. The summed E-state index contributed by atoms with van der Waals surface area (Å²) in [6.45, 7) is 6.46. The van der Waals surface area contributed by atoms with Gasteiger partial charge in [0.15, 0.2) is 6.10 Å². The predicted octanol–water partition coefficient (Wildman–Crippen LogP) is 19.7. The molecule has 0 bridgehead atoms. The van der Waals surface area contributed by atoms with Crippen molar-refractivity contribution in [1.82, 2.24) is 0 Å². The standard InChI is InChI=1S/C64H108O6/c1-4-7-10-13-16-19-22-24-26-28-29-30-31-32-33-34-35-36-38-39-42-45-48-51-54-57-63(66)69-60-61(59-68-62(65)56-53-50-47-44-41-21-18-15-12-9-6-3)70-64(67)58-55-52-49-46-43-40-37-27-25-23-20-17-14-11-8-5-2/h7,10,15-16,18-19,24,26-27,29-30,32-33,35-37,61H,4-6,8-9,11-14,17,20-23,25,28,31,34,38-60H2,1-3H3/b10-7-,18-15-,19-16-,26-24-,30-29-,33-32-,36-35-,37-27-. The molecule has 0 aliphatic rings. The molecule has 0 aliphatic heterocycles. The minimum Gasteiger partial charge on any atom is -0.462 e. The molecule has 1 atom stereocenters. The predicted molar refractivity (Wildman–Crippen MR) is 302 cm³/mol. The van der Waals surface area contributed by atoms with Gasteiger partial charge in [-0.05, 0) is 116 Å². The number of esters is 3. The number of rotatable bonds is 52. The van der Waals surface area contributed by atoms with Crippen LogP contribution >= 0.6 is 0 Å². The Labute approximate surface area is 432 Å². The Morgan fingerprint density at radius 3 is 0.929 bits per heavy atom. The molecule has 0 rings (SSSR count). The van der Waals surface area contributed by atoms with E-state index in [1.165, 1.54) is 103 Å². The number of hydrogen-bond donors (Lipinski definition) is 0. The molecule has 6 nitrogen and oxygen atoms in total. The van der Waals surface area contributed by atoms with Gasteiger partial charge in [-0.3, -0.25) is 14.4 Å². The highest BCUT2D eigenvalue weighted by atomic mass is 16.6. The monoisotopic (exact) mass is 973 g/mol. The summed E-state index contributed by atoms with van der Waals surface area (Å²) >= 11 is 0. The average Bonchev–Trinajstić information content (AvgIpc) is 3.36. The molecule has 0 amide bonds. The highest BCUT2D eigenvalue weighted by Crippen LogP contribution is 2.14. The minimum absolute atomic E-state index is 0.0900. The smallest absolute Gasteiger partial charge is 0.306 e. The van der Waals surface area contributed by atoms with E-state index in [-0.39, 0.29) is 31.1 Å². The minimum atomic E-state index is -0.792. The highest BCUT2D eigenvalue weighted by Gasteiger charge is 2.19. The van der Waals surface area contributed by atoms with E-state index in [0.717, 1.165) is 128 Å². The van der Waals surface area contributed by atoms with E-state index in [9.17, 15) is 14.4 Å². The molecule has 0 aromatic rings. The molecule has 0 saturated heterocycles. The molecule has 1 unspecified atom stereocenters. The Hall–Kier alpha value is -3.67. The summed E-state index contributed by atoms with van der Waals surface area (Å²) in [5.74, 6) is -0.920. The lowest BCUT2D eigenvalue weighted by Crippen LogP contribution is -2.30. The van der Waals surface area contributed by atoms with Crippen molar-refractivity contribution in [2.45, 2.75) is 277 Å². The number of ether oxygens (including phenoxy) is 3. The molecule has 6 heteroatoms. The van der Waals surface area contributed by atoms with Crippen LogP contribution in [0.5, 0.6) is 0 Å². The van der Waals surface area contributed by atoms with Crippen molar-refractivity contribution in [3.8, 4) is 0 Å². The summed E-state index contributed by atoms with van der Waals surface area (Å²) in [5, 5.41) is 0. The molecular formula is C64H108O6. The first kappa shape index (κ1) is 66.3. The zero-order chi connectivity index (χ0) is 50.7. The summed E-state index contributed by atoms with van der Waals surface area (Å²) in [6.07, 6.45) is 76.8. The van der Waals surface area contributed by atoms with Crippen LogP contribution in [0.2, 0.25) is 0 Å². The van der Waals surface area contributed by atoms with Gasteiger partial charge in [0.2, 0.25) is 0 Å². The molecule has 0 spiro atoms. The van der Waals surface area contributed by atoms with E-state index in [1.54, 1.807) is 0 Å². The fourth-order valence-corrected chi connectivity index (χ4v) is 7.89. The molecule has 0 aliphatic carbocycles. The second kappa shape index (κ2) is 57.9. The molecule has 0 radical (unpaired) electrons. The molecule has 0 aromatic heterocycles. The molecule has 0 N–H and O–H groups in total. The van der Waals surface area contributed by atoms with Gasteiger partial charge in [-0.15, -0.1) is 0 Å². The van der Waals surface area contributed by atoms with Crippen molar-refractivity contribution >= 4 is 17.9 Å². The molecular weight excluding hydrogens is 865 g/mol. The normalized spacial score (nSPS) is 12.8. The van der Waals surface area contributed by atoms with Crippen molar-refractivity contribution in [2.75, 3.05) is 13.2 Å². The Kier molecular flexibility index (Phi) is 54.9. The lowest BCUT2D eigenvalue weighted by Gasteiger charge is -2.18. The fraction of sp³-hybridized carbons (Fsp3) is 0.703. The molecule has 0 fully saturated rings. The van der Waals surface area contributed by atoms with E-state index < -0.39 is 6.10 Å². The second-order valence-corrected chi connectivity index (χ2v) is 19.2. The average molecular weight is 974 g/mol. The Morgan fingerprint density at radius 2 is 0.571 bits per heavy atom. The van der Waals surface area contributed by atoms with Gasteiger partial charge in [0.1, 0.15) is 13.2 Å². The maximum atomic E-state index is 12.8. The lowest BCUT2D eigenvalue weighted by atomic mass is 10.1. The summed E-state index contributed by atoms with van der Waals surface area (Å²) in [7, 11) is 0. The van der Waals surface area contributed by atoms with E-state index in [1.807, 2.05) is 0 Å². The van der Waals surface area contributed by atoms with Crippen LogP contribution in [0.15, 0.2) is 97.2 Å². The van der Waals surface area contributed by atoms with Gasteiger partial charge in [0.25, 0.3) is 0 Å². The second-order valence-electron chi connectivity index (χ2n) is 19.2. The zero-order valence-corrected chi connectivity index (χ0v) is 45.8. The van der Waals surface area contributed by atoms with Gasteiger partial charge in [0, 0.05) is 19.3 Å². The third kappa shape index (κ3) is 55.3. The summed E-state index contributed by atoms with van der Waals surface area (Å²) < 4.78 is 16.8. The summed E-state index contributed by atoms with van der Waals surface area (Å²) in [5.41, 5.74) is 0. The van der Waals surface area contributed by atoms with Gasteiger partial charge in [-0.25, -0.2) is 0 Å². The van der Waals surface area contributed by atoms with Crippen LogP contribution in [0.3, 0.4) is 0 Å². The first-order valence-electron chi connectivity index (χ1n) is 29.2. The third-order valence-electron chi connectivity index (χ3n) is 12.3. The van der Waals surface area contributed by atoms with E-state index in [4.69, 9.17) is 14.2 Å². The quantitative estimate of drug-likeness (QED) is 0.0262. The van der Waals surface area contributed by atoms with Gasteiger partial charge < -0.3 is 14.2 Å². The van der Waals surface area contributed by atoms with Crippen LogP contribution < -0.4 is 0 Å². The maximum absolute atomic E-state index is 12.8. The van der Waals surface area contributed by atoms with Crippen molar-refractivity contribution in [3.63, 3.8) is 0 Å². The molecule has 0 saturated carbocycles. The Bertz CT molecular complexity index is 1400. The van der Waals surface area contributed by atoms with Gasteiger partial charge in [-0.2, -0.15) is 0 Å². The van der Waals surface area contributed by atoms with Crippen molar-refractivity contribution in [1.29, 1.82) is 0 Å². The van der Waals surface area contributed by atoms with Crippen molar-refractivity contribution in [3.05, 3.63) is 97.2 Å². The largest absolute Gasteiger partial charge is 0.462 e. The molecule has 70 heavy (non-hydrogen) atoms.